The van der Waals surface area contributed by atoms with E-state index in [4.69, 9.17) is 0 Å². The van der Waals surface area contributed by atoms with E-state index in [9.17, 15) is 9.59 Å². The molecule has 1 rings (SSSR count). The molecule has 0 aliphatic heterocycles. The summed E-state index contributed by atoms with van der Waals surface area (Å²) in [6, 6.07) is -0.491. The maximum atomic E-state index is 11.5. The third-order valence-corrected chi connectivity index (χ3v) is 2.92. The lowest BCUT2D eigenvalue weighted by Gasteiger charge is -2.06. The molecule has 0 fully saturated rings. The number of thioether (sulfide) groups is 1. The molecule has 2 N–H and O–H groups in total. The minimum atomic E-state index is -0.491. The summed E-state index contributed by atoms with van der Waals surface area (Å²) < 4.78 is 1.65. The standard InChI is InChI=1S/C10H18N6O2S/c1-4-11-9(18)12-8(17)6-19-10-13-14-15-16(10)5-7(2)3/h7H,4-6H2,1-3H3,(H2,11,12,17,18). The van der Waals surface area contributed by atoms with E-state index in [0.717, 1.165) is 0 Å². The first-order valence-electron chi connectivity index (χ1n) is 5.99. The second-order valence-electron chi connectivity index (χ2n) is 4.23. The highest BCUT2D eigenvalue weighted by molar-refractivity contribution is 7.99. The van der Waals surface area contributed by atoms with E-state index in [0.29, 0.717) is 24.2 Å². The second kappa shape index (κ2) is 7.72. The van der Waals surface area contributed by atoms with Crippen molar-refractivity contribution >= 4 is 23.7 Å². The van der Waals surface area contributed by atoms with Crippen LogP contribution >= 0.6 is 11.8 Å². The molecule has 0 aliphatic rings. The normalized spacial score (nSPS) is 10.5. The number of nitrogens with one attached hydrogen (secondary N) is 2. The Kier molecular flexibility index (Phi) is 6.26. The molecule has 3 amide bonds. The van der Waals surface area contributed by atoms with Gasteiger partial charge in [0, 0.05) is 13.1 Å². The number of carbonyl (C=O) groups excluding carboxylic acids is 2. The van der Waals surface area contributed by atoms with Crippen molar-refractivity contribution in [2.45, 2.75) is 32.5 Å². The lowest BCUT2D eigenvalue weighted by molar-refractivity contribution is -0.117. The quantitative estimate of drug-likeness (QED) is 0.728. The molecule has 9 heteroatoms. The number of hydrogen-bond acceptors (Lipinski definition) is 6. The largest absolute Gasteiger partial charge is 0.338 e. The molecule has 0 saturated carbocycles. The van der Waals surface area contributed by atoms with Gasteiger partial charge < -0.3 is 5.32 Å². The zero-order valence-corrected chi connectivity index (χ0v) is 12.0. The first-order valence-corrected chi connectivity index (χ1v) is 6.98. The predicted octanol–water partition coefficient (Wildman–Crippen LogP) is 0.267. The zero-order chi connectivity index (χ0) is 14.3. The molecule has 0 spiro atoms. The van der Waals surface area contributed by atoms with E-state index in [1.165, 1.54) is 11.8 Å². The van der Waals surface area contributed by atoms with Crippen molar-refractivity contribution in [2.24, 2.45) is 5.92 Å². The minimum absolute atomic E-state index is 0.0929. The molecular weight excluding hydrogens is 268 g/mol. The molecule has 0 saturated heterocycles. The summed E-state index contributed by atoms with van der Waals surface area (Å²) in [7, 11) is 0. The number of hydrogen-bond donors (Lipinski definition) is 2. The lowest BCUT2D eigenvalue weighted by Crippen LogP contribution is -2.40. The first-order chi connectivity index (χ1) is 9.02. The summed E-state index contributed by atoms with van der Waals surface area (Å²) in [4.78, 5) is 22.6. The average molecular weight is 286 g/mol. The van der Waals surface area contributed by atoms with Gasteiger partial charge in [-0.25, -0.2) is 9.48 Å². The van der Waals surface area contributed by atoms with Gasteiger partial charge in [0.1, 0.15) is 0 Å². The molecule has 0 radical (unpaired) electrons. The van der Waals surface area contributed by atoms with Gasteiger partial charge in [-0.05, 0) is 23.3 Å². The van der Waals surface area contributed by atoms with E-state index in [1.807, 2.05) is 0 Å². The number of urea groups is 1. The van der Waals surface area contributed by atoms with Crippen LogP contribution in [0.5, 0.6) is 0 Å². The Morgan fingerprint density at radius 3 is 2.79 bits per heavy atom. The highest BCUT2D eigenvalue weighted by Gasteiger charge is 2.12. The van der Waals surface area contributed by atoms with Crippen LogP contribution in [0.1, 0.15) is 20.8 Å². The average Bonchev–Trinajstić information content (AvgIpc) is 2.73. The smallest absolute Gasteiger partial charge is 0.321 e. The van der Waals surface area contributed by atoms with Crippen molar-refractivity contribution in [3.63, 3.8) is 0 Å². The Balaban J connectivity index is 2.42. The van der Waals surface area contributed by atoms with Crippen LogP contribution in [0, 0.1) is 5.92 Å². The van der Waals surface area contributed by atoms with E-state index >= 15 is 0 Å². The minimum Gasteiger partial charge on any atom is -0.338 e. The van der Waals surface area contributed by atoms with Crippen LogP contribution in [0.4, 0.5) is 4.79 Å². The molecule has 0 bridgehead atoms. The van der Waals surface area contributed by atoms with Crippen LogP contribution in [-0.4, -0.2) is 44.4 Å². The number of nitrogens with zero attached hydrogens (tertiary/aromatic N) is 4. The van der Waals surface area contributed by atoms with Crippen molar-refractivity contribution < 1.29 is 9.59 Å². The fourth-order valence-corrected chi connectivity index (χ4v) is 1.94. The van der Waals surface area contributed by atoms with Gasteiger partial charge >= 0.3 is 6.03 Å². The monoisotopic (exact) mass is 286 g/mol. The summed E-state index contributed by atoms with van der Waals surface area (Å²) in [5.74, 6) is 0.123. The third-order valence-electron chi connectivity index (χ3n) is 1.96. The number of tetrazole rings is 1. The molecule has 1 aromatic rings. The maximum Gasteiger partial charge on any atom is 0.321 e. The van der Waals surface area contributed by atoms with Crippen LogP contribution in [0.2, 0.25) is 0 Å². The van der Waals surface area contributed by atoms with Crippen LogP contribution in [0.3, 0.4) is 0 Å². The Morgan fingerprint density at radius 1 is 1.42 bits per heavy atom. The van der Waals surface area contributed by atoms with Crippen LogP contribution in [0.25, 0.3) is 0 Å². The number of imide groups is 1. The van der Waals surface area contributed by atoms with Crippen molar-refractivity contribution in [1.82, 2.24) is 30.8 Å². The van der Waals surface area contributed by atoms with E-state index in [1.54, 1.807) is 11.6 Å². The van der Waals surface area contributed by atoms with Crippen molar-refractivity contribution in [1.29, 1.82) is 0 Å². The maximum absolute atomic E-state index is 11.5. The topological polar surface area (TPSA) is 102 Å². The molecule has 1 aromatic heterocycles. The van der Waals surface area contributed by atoms with E-state index in [2.05, 4.69) is 40.0 Å². The molecule has 106 valence electrons. The Hall–Kier alpha value is -1.64. The summed E-state index contributed by atoms with van der Waals surface area (Å²) in [6.45, 7) is 7.04. The Bertz CT molecular complexity index is 433. The molecule has 1 heterocycles. The van der Waals surface area contributed by atoms with E-state index in [-0.39, 0.29) is 11.7 Å². The number of rotatable bonds is 6. The van der Waals surface area contributed by atoms with Gasteiger partial charge in [0.25, 0.3) is 0 Å². The van der Waals surface area contributed by atoms with E-state index < -0.39 is 6.03 Å². The SMILES string of the molecule is CCNC(=O)NC(=O)CSc1nnnn1CC(C)C. The molecule has 19 heavy (non-hydrogen) atoms. The summed E-state index contributed by atoms with van der Waals surface area (Å²) in [5.41, 5.74) is 0. The summed E-state index contributed by atoms with van der Waals surface area (Å²) in [5, 5.41) is 16.5. The predicted molar refractivity (Wildman–Crippen MR) is 70.6 cm³/mol. The van der Waals surface area contributed by atoms with Gasteiger partial charge in [-0.3, -0.25) is 10.1 Å². The molecule has 0 aliphatic carbocycles. The second-order valence-corrected chi connectivity index (χ2v) is 5.18. The zero-order valence-electron chi connectivity index (χ0n) is 11.2. The van der Waals surface area contributed by atoms with Gasteiger partial charge in [-0.2, -0.15) is 0 Å². The van der Waals surface area contributed by atoms with Gasteiger partial charge in [-0.15, -0.1) is 5.10 Å². The van der Waals surface area contributed by atoms with Gasteiger partial charge in [0.05, 0.1) is 5.75 Å². The first kappa shape index (κ1) is 15.4. The summed E-state index contributed by atoms with van der Waals surface area (Å²) >= 11 is 1.20. The fourth-order valence-electron chi connectivity index (χ4n) is 1.26. The molecule has 8 nitrogen and oxygen atoms in total. The lowest BCUT2D eigenvalue weighted by atomic mass is 10.2. The summed E-state index contributed by atoms with van der Waals surface area (Å²) in [6.07, 6.45) is 0. The van der Waals surface area contributed by atoms with Crippen molar-refractivity contribution in [3.8, 4) is 0 Å². The van der Waals surface area contributed by atoms with Crippen LogP contribution < -0.4 is 10.6 Å². The number of carbonyl (C=O) groups is 2. The Morgan fingerprint density at radius 2 is 2.16 bits per heavy atom. The van der Waals surface area contributed by atoms with Gasteiger partial charge in [0.15, 0.2) is 0 Å². The van der Waals surface area contributed by atoms with Crippen LogP contribution in [0.15, 0.2) is 5.16 Å². The molecular formula is C10H18N6O2S. The van der Waals surface area contributed by atoms with Crippen molar-refractivity contribution in [3.05, 3.63) is 0 Å². The Labute approximate surface area is 115 Å². The molecule has 0 aromatic carbocycles. The third kappa shape index (κ3) is 5.69. The highest BCUT2D eigenvalue weighted by atomic mass is 32.2. The van der Waals surface area contributed by atoms with Gasteiger partial charge in [-0.1, -0.05) is 25.6 Å². The number of aromatic nitrogens is 4. The van der Waals surface area contributed by atoms with Crippen molar-refractivity contribution in [2.75, 3.05) is 12.3 Å². The fraction of sp³-hybridized carbons (Fsp3) is 0.700. The molecule has 0 atom stereocenters. The van der Waals surface area contributed by atoms with Gasteiger partial charge in [0.2, 0.25) is 11.1 Å². The van der Waals surface area contributed by atoms with Crippen LogP contribution in [-0.2, 0) is 11.3 Å². The highest BCUT2D eigenvalue weighted by Crippen LogP contribution is 2.14. The molecule has 0 unspecified atom stereocenters. The number of amides is 3.